The summed E-state index contributed by atoms with van der Waals surface area (Å²) in [6.07, 6.45) is 10.0. The van der Waals surface area contributed by atoms with Crippen LogP contribution in [-0.4, -0.2) is 12.2 Å². The standard InChI is InChI=1S/C13H16O/c1-3-10(2)12-13(14-12)11-8-6-4-5-7-9-11/h4-6,8,10-13H,3H2,1-2H3. The van der Waals surface area contributed by atoms with Gasteiger partial charge in [0.25, 0.3) is 0 Å². The number of allylic oxidation sites excluding steroid dienone is 3. The zero-order valence-electron chi connectivity index (χ0n) is 8.73. The van der Waals surface area contributed by atoms with E-state index in [1.165, 1.54) is 6.42 Å². The SMILES string of the molecule is CCC(C)C1OC1C1C#CC=CC=C1. The summed E-state index contributed by atoms with van der Waals surface area (Å²) in [4.78, 5) is 0. The van der Waals surface area contributed by atoms with Crippen LogP contribution in [0.4, 0.5) is 0 Å². The highest BCUT2D eigenvalue weighted by molar-refractivity contribution is 5.30. The van der Waals surface area contributed by atoms with Gasteiger partial charge in [-0.15, -0.1) is 0 Å². The molecule has 74 valence electrons. The fraction of sp³-hybridized carbons (Fsp3) is 0.538. The summed E-state index contributed by atoms with van der Waals surface area (Å²) < 4.78 is 5.68. The van der Waals surface area contributed by atoms with E-state index in [-0.39, 0.29) is 0 Å². The molecule has 0 N–H and O–H groups in total. The second kappa shape index (κ2) is 4.02. The van der Waals surface area contributed by atoms with Crippen molar-refractivity contribution in [2.45, 2.75) is 32.5 Å². The summed E-state index contributed by atoms with van der Waals surface area (Å²) in [7, 11) is 0. The molecule has 1 aliphatic carbocycles. The molecule has 0 radical (unpaired) electrons. The van der Waals surface area contributed by atoms with Crippen molar-refractivity contribution in [3.8, 4) is 11.8 Å². The lowest BCUT2D eigenvalue weighted by Gasteiger charge is -2.04. The number of ether oxygens (including phenoxy) is 1. The molecule has 0 saturated carbocycles. The molecule has 4 atom stereocenters. The second-order valence-corrected chi connectivity index (χ2v) is 4.01. The molecule has 2 rings (SSSR count). The Labute approximate surface area is 85.8 Å². The average Bonchev–Trinajstić information content (AvgIpc) is 2.99. The van der Waals surface area contributed by atoms with E-state index in [4.69, 9.17) is 4.74 Å². The third-order valence-electron chi connectivity index (χ3n) is 2.98. The van der Waals surface area contributed by atoms with Gasteiger partial charge in [0.1, 0.15) is 6.10 Å². The van der Waals surface area contributed by atoms with Gasteiger partial charge in [-0.25, -0.2) is 0 Å². The summed E-state index contributed by atoms with van der Waals surface area (Å²) in [6.45, 7) is 4.45. The Bertz CT molecular complexity index is 316. The fourth-order valence-electron chi connectivity index (χ4n) is 1.79. The van der Waals surface area contributed by atoms with E-state index >= 15 is 0 Å². The minimum absolute atomic E-state index is 0.295. The van der Waals surface area contributed by atoms with Crippen molar-refractivity contribution >= 4 is 0 Å². The Morgan fingerprint density at radius 2 is 2.29 bits per heavy atom. The van der Waals surface area contributed by atoms with E-state index < -0.39 is 0 Å². The number of hydrogen-bond donors (Lipinski definition) is 0. The Morgan fingerprint density at radius 1 is 1.43 bits per heavy atom. The maximum absolute atomic E-state index is 5.68. The zero-order chi connectivity index (χ0) is 9.97. The maximum atomic E-state index is 5.68. The van der Waals surface area contributed by atoms with Crippen LogP contribution in [0.1, 0.15) is 20.3 Å². The normalized spacial score (nSPS) is 35.7. The van der Waals surface area contributed by atoms with Gasteiger partial charge >= 0.3 is 0 Å². The van der Waals surface area contributed by atoms with Crippen LogP contribution in [0.15, 0.2) is 24.3 Å². The van der Waals surface area contributed by atoms with Gasteiger partial charge < -0.3 is 4.74 Å². The van der Waals surface area contributed by atoms with Gasteiger partial charge in [-0.05, 0) is 12.0 Å². The zero-order valence-corrected chi connectivity index (χ0v) is 8.73. The minimum atomic E-state index is 0.295. The quantitative estimate of drug-likeness (QED) is 0.490. The number of rotatable bonds is 3. The van der Waals surface area contributed by atoms with Crippen LogP contribution >= 0.6 is 0 Å². The highest BCUT2D eigenvalue weighted by Crippen LogP contribution is 2.36. The first-order valence-corrected chi connectivity index (χ1v) is 5.32. The first-order chi connectivity index (χ1) is 6.83. The highest BCUT2D eigenvalue weighted by atomic mass is 16.6. The Balaban J connectivity index is 1.95. The van der Waals surface area contributed by atoms with Crippen LogP contribution in [0.3, 0.4) is 0 Å². The summed E-state index contributed by atoms with van der Waals surface area (Å²) in [5, 5.41) is 0. The summed E-state index contributed by atoms with van der Waals surface area (Å²) in [5.74, 6) is 7.18. The van der Waals surface area contributed by atoms with E-state index in [1.54, 1.807) is 0 Å². The molecular formula is C13H16O. The predicted molar refractivity (Wildman–Crippen MR) is 57.7 cm³/mol. The molecule has 0 amide bonds. The topological polar surface area (TPSA) is 12.5 Å². The van der Waals surface area contributed by atoms with E-state index in [2.05, 4.69) is 31.8 Å². The van der Waals surface area contributed by atoms with Crippen LogP contribution in [0.25, 0.3) is 0 Å². The van der Waals surface area contributed by atoms with Crippen LogP contribution in [0.2, 0.25) is 0 Å². The van der Waals surface area contributed by atoms with E-state index in [0.29, 0.717) is 24.0 Å². The second-order valence-electron chi connectivity index (χ2n) is 4.01. The van der Waals surface area contributed by atoms with Crippen molar-refractivity contribution < 1.29 is 4.74 Å². The number of epoxide rings is 1. The molecule has 0 spiro atoms. The highest BCUT2D eigenvalue weighted by Gasteiger charge is 2.45. The van der Waals surface area contributed by atoms with Gasteiger partial charge in [0.2, 0.25) is 0 Å². The smallest absolute Gasteiger partial charge is 0.102 e. The van der Waals surface area contributed by atoms with E-state index in [0.717, 1.165) is 0 Å². The lowest BCUT2D eigenvalue weighted by molar-refractivity contribution is 0.315. The molecule has 2 aliphatic rings. The molecule has 0 aromatic rings. The molecule has 14 heavy (non-hydrogen) atoms. The molecule has 1 heterocycles. The third kappa shape index (κ3) is 1.91. The Kier molecular flexibility index (Phi) is 2.74. The summed E-state index contributed by atoms with van der Waals surface area (Å²) in [5.41, 5.74) is 0. The van der Waals surface area contributed by atoms with E-state index in [9.17, 15) is 0 Å². The van der Waals surface area contributed by atoms with Crippen LogP contribution in [-0.2, 0) is 4.74 Å². The van der Waals surface area contributed by atoms with E-state index in [1.807, 2.05) is 18.2 Å². The average molecular weight is 188 g/mol. The Hall–Kier alpha value is -1.00. The van der Waals surface area contributed by atoms with Crippen molar-refractivity contribution in [2.24, 2.45) is 11.8 Å². The van der Waals surface area contributed by atoms with Crippen molar-refractivity contribution in [1.82, 2.24) is 0 Å². The molecule has 0 aromatic heterocycles. The van der Waals surface area contributed by atoms with Gasteiger partial charge in [-0.1, -0.05) is 50.3 Å². The van der Waals surface area contributed by atoms with Crippen molar-refractivity contribution in [2.75, 3.05) is 0 Å². The van der Waals surface area contributed by atoms with Crippen molar-refractivity contribution in [1.29, 1.82) is 0 Å². The maximum Gasteiger partial charge on any atom is 0.102 e. The lowest BCUT2D eigenvalue weighted by Crippen LogP contribution is -2.11. The van der Waals surface area contributed by atoms with Gasteiger partial charge in [-0.3, -0.25) is 0 Å². The van der Waals surface area contributed by atoms with Gasteiger partial charge in [0.05, 0.1) is 12.0 Å². The minimum Gasteiger partial charge on any atom is -0.368 e. The summed E-state index contributed by atoms with van der Waals surface area (Å²) in [6, 6.07) is 0. The molecular weight excluding hydrogens is 172 g/mol. The Morgan fingerprint density at radius 3 is 3.07 bits per heavy atom. The largest absolute Gasteiger partial charge is 0.368 e. The molecule has 0 bridgehead atoms. The number of hydrogen-bond acceptors (Lipinski definition) is 1. The lowest BCUT2D eigenvalue weighted by atomic mass is 9.95. The van der Waals surface area contributed by atoms with Gasteiger partial charge in [-0.2, -0.15) is 0 Å². The fourth-order valence-corrected chi connectivity index (χ4v) is 1.79. The molecule has 1 heteroatoms. The summed E-state index contributed by atoms with van der Waals surface area (Å²) >= 11 is 0. The van der Waals surface area contributed by atoms with Crippen LogP contribution in [0.5, 0.6) is 0 Å². The molecule has 4 unspecified atom stereocenters. The van der Waals surface area contributed by atoms with Crippen LogP contribution < -0.4 is 0 Å². The molecule has 1 aliphatic heterocycles. The molecule has 1 fully saturated rings. The van der Waals surface area contributed by atoms with Crippen molar-refractivity contribution in [3.05, 3.63) is 24.3 Å². The third-order valence-corrected chi connectivity index (χ3v) is 2.98. The molecule has 1 nitrogen and oxygen atoms in total. The van der Waals surface area contributed by atoms with Gasteiger partial charge in [0, 0.05) is 0 Å². The molecule has 1 saturated heterocycles. The first-order valence-electron chi connectivity index (χ1n) is 5.32. The predicted octanol–water partition coefficient (Wildman–Crippen LogP) is 2.55. The van der Waals surface area contributed by atoms with Gasteiger partial charge in [0.15, 0.2) is 0 Å². The van der Waals surface area contributed by atoms with Crippen LogP contribution in [0, 0.1) is 23.7 Å². The molecule has 0 aromatic carbocycles. The monoisotopic (exact) mass is 188 g/mol. The van der Waals surface area contributed by atoms with Crippen molar-refractivity contribution in [3.63, 3.8) is 0 Å². The first kappa shape index (κ1) is 9.55.